The fraction of sp³-hybridized carbons (Fsp3) is 0.786. The van der Waals surface area contributed by atoms with Gasteiger partial charge in [-0.15, -0.1) is 0 Å². The number of aliphatic hydroxyl groups excluding tert-OH is 1. The number of hydrogen-bond donors (Lipinski definition) is 1. The van der Waals surface area contributed by atoms with E-state index in [1.54, 1.807) is 0 Å². The van der Waals surface area contributed by atoms with Crippen LogP contribution in [0, 0.1) is 6.92 Å². The third-order valence-electron chi connectivity index (χ3n) is 3.72. The number of aliphatic hydroxyl groups is 1. The fourth-order valence-electron chi connectivity index (χ4n) is 2.73. The molecule has 1 atom stereocenters. The molecule has 0 aromatic carbocycles. The molecule has 1 aliphatic heterocycles. The molecular weight excluding hydrogens is 353 g/mol. The SMILES string of the molecule is Cc1nn2c(c1C(O)CC[N+](C)(C)C)CCCC2.[I-]. The van der Waals surface area contributed by atoms with Gasteiger partial charge < -0.3 is 33.6 Å². The first-order valence-electron chi connectivity index (χ1n) is 6.93. The molecule has 1 aliphatic rings. The molecule has 0 fully saturated rings. The van der Waals surface area contributed by atoms with Gasteiger partial charge in [-0.25, -0.2) is 0 Å². The van der Waals surface area contributed by atoms with Crippen LogP contribution in [-0.2, 0) is 13.0 Å². The van der Waals surface area contributed by atoms with Crippen LogP contribution in [0.2, 0.25) is 0 Å². The second-order valence-electron chi connectivity index (χ2n) is 6.44. The fourth-order valence-corrected chi connectivity index (χ4v) is 2.73. The van der Waals surface area contributed by atoms with Crippen molar-refractivity contribution in [1.29, 1.82) is 0 Å². The number of hydrogen-bond acceptors (Lipinski definition) is 2. The second-order valence-corrected chi connectivity index (χ2v) is 6.44. The Balaban J connectivity index is 0.00000180. The van der Waals surface area contributed by atoms with Gasteiger partial charge in [-0.2, -0.15) is 5.10 Å². The lowest BCUT2D eigenvalue weighted by molar-refractivity contribution is -0.871. The number of fused-ring (bicyclic) bond motifs is 1. The van der Waals surface area contributed by atoms with Crippen LogP contribution in [0.4, 0.5) is 0 Å². The van der Waals surface area contributed by atoms with Gasteiger partial charge in [-0.3, -0.25) is 4.68 Å². The van der Waals surface area contributed by atoms with Gasteiger partial charge in [-0.1, -0.05) is 0 Å². The lowest BCUT2D eigenvalue weighted by Gasteiger charge is -2.25. The predicted octanol–water partition coefficient (Wildman–Crippen LogP) is -1.34. The van der Waals surface area contributed by atoms with E-state index in [2.05, 4.69) is 30.9 Å². The zero-order valence-corrected chi connectivity index (χ0v) is 14.6. The Morgan fingerprint density at radius 3 is 2.63 bits per heavy atom. The summed E-state index contributed by atoms with van der Waals surface area (Å²) in [5.74, 6) is 0. The quantitative estimate of drug-likeness (QED) is 0.520. The van der Waals surface area contributed by atoms with Crippen LogP contribution in [0.3, 0.4) is 0 Å². The van der Waals surface area contributed by atoms with Crippen LogP contribution < -0.4 is 24.0 Å². The maximum Gasteiger partial charge on any atom is 0.0879 e. The molecule has 1 unspecified atom stereocenters. The topological polar surface area (TPSA) is 38.0 Å². The highest BCUT2D eigenvalue weighted by atomic mass is 127. The van der Waals surface area contributed by atoms with Gasteiger partial charge >= 0.3 is 0 Å². The molecule has 1 aromatic rings. The first-order valence-corrected chi connectivity index (χ1v) is 6.93. The number of quaternary nitrogens is 1. The molecule has 0 aliphatic carbocycles. The summed E-state index contributed by atoms with van der Waals surface area (Å²) in [6, 6.07) is 0. The molecule has 4 nitrogen and oxygen atoms in total. The number of nitrogens with zero attached hydrogens (tertiary/aromatic N) is 3. The third-order valence-corrected chi connectivity index (χ3v) is 3.72. The zero-order chi connectivity index (χ0) is 13.3. The smallest absolute Gasteiger partial charge is 0.0879 e. The molecule has 2 rings (SSSR count). The highest BCUT2D eigenvalue weighted by Gasteiger charge is 2.24. The normalized spacial score (nSPS) is 16.7. The van der Waals surface area contributed by atoms with E-state index >= 15 is 0 Å². The molecule has 0 saturated carbocycles. The number of halogens is 1. The first-order chi connectivity index (χ1) is 8.38. The van der Waals surface area contributed by atoms with Crippen molar-refractivity contribution in [2.75, 3.05) is 27.7 Å². The van der Waals surface area contributed by atoms with E-state index in [-0.39, 0.29) is 30.1 Å². The molecule has 0 radical (unpaired) electrons. The Morgan fingerprint density at radius 2 is 2.00 bits per heavy atom. The molecule has 0 spiro atoms. The lowest BCUT2D eigenvalue weighted by Crippen LogP contribution is -3.00. The van der Waals surface area contributed by atoms with Gasteiger partial charge in [0.1, 0.15) is 0 Å². The maximum atomic E-state index is 10.4. The Kier molecular flexibility index (Phi) is 5.82. The van der Waals surface area contributed by atoms with Crippen LogP contribution in [0.5, 0.6) is 0 Å². The van der Waals surface area contributed by atoms with E-state index in [1.807, 2.05) is 6.92 Å². The largest absolute Gasteiger partial charge is 1.00 e. The van der Waals surface area contributed by atoms with Gasteiger partial charge in [0.15, 0.2) is 0 Å². The minimum absolute atomic E-state index is 0. The standard InChI is InChI=1S/C14H26N3O.HI/c1-11-14(13(18)8-10-17(2,3)4)12-7-5-6-9-16(12)15-11;/h13,18H,5-10H2,1-4H3;1H/q+1;/p-1. The molecule has 19 heavy (non-hydrogen) atoms. The van der Waals surface area contributed by atoms with E-state index in [9.17, 15) is 5.11 Å². The molecule has 1 aromatic heterocycles. The molecule has 1 N–H and O–H groups in total. The minimum atomic E-state index is -0.357. The number of aryl methyl sites for hydroxylation is 2. The molecular formula is C14H26IN3O. The summed E-state index contributed by atoms with van der Waals surface area (Å²) >= 11 is 0. The molecule has 2 heterocycles. The molecule has 110 valence electrons. The van der Waals surface area contributed by atoms with Crippen molar-refractivity contribution in [2.24, 2.45) is 0 Å². The van der Waals surface area contributed by atoms with Gasteiger partial charge in [0, 0.05) is 24.2 Å². The highest BCUT2D eigenvalue weighted by Crippen LogP contribution is 2.28. The van der Waals surface area contributed by atoms with Crippen LogP contribution in [-0.4, -0.2) is 47.1 Å². The van der Waals surface area contributed by atoms with Gasteiger partial charge in [-0.05, 0) is 26.2 Å². The molecule has 0 amide bonds. The van der Waals surface area contributed by atoms with Crippen molar-refractivity contribution in [3.05, 3.63) is 17.0 Å². The number of rotatable bonds is 4. The second kappa shape index (κ2) is 6.54. The third kappa shape index (κ3) is 4.16. The lowest BCUT2D eigenvalue weighted by atomic mass is 9.99. The Bertz CT molecular complexity index is 423. The Morgan fingerprint density at radius 1 is 1.32 bits per heavy atom. The van der Waals surface area contributed by atoms with Crippen LogP contribution in [0.25, 0.3) is 0 Å². The Labute approximate surface area is 133 Å². The first kappa shape index (κ1) is 16.9. The van der Waals surface area contributed by atoms with Gasteiger partial charge in [0.2, 0.25) is 0 Å². The predicted molar refractivity (Wildman–Crippen MR) is 72.4 cm³/mol. The molecule has 0 saturated heterocycles. The average Bonchev–Trinajstić information content (AvgIpc) is 2.61. The van der Waals surface area contributed by atoms with Crippen LogP contribution in [0.1, 0.15) is 42.3 Å². The van der Waals surface area contributed by atoms with E-state index in [4.69, 9.17) is 0 Å². The summed E-state index contributed by atoms with van der Waals surface area (Å²) in [4.78, 5) is 0. The van der Waals surface area contributed by atoms with E-state index in [0.717, 1.165) is 41.7 Å². The molecule has 0 bridgehead atoms. The zero-order valence-electron chi connectivity index (χ0n) is 12.5. The summed E-state index contributed by atoms with van der Waals surface area (Å²) in [6.07, 6.45) is 3.95. The minimum Gasteiger partial charge on any atom is -1.00 e. The van der Waals surface area contributed by atoms with E-state index in [0.29, 0.717) is 0 Å². The van der Waals surface area contributed by atoms with Crippen molar-refractivity contribution in [2.45, 2.75) is 45.3 Å². The monoisotopic (exact) mass is 379 g/mol. The summed E-state index contributed by atoms with van der Waals surface area (Å²) in [7, 11) is 6.48. The van der Waals surface area contributed by atoms with Gasteiger partial charge in [0.05, 0.1) is 39.5 Å². The number of aromatic nitrogens is 2. The van der Waals surface area contributed by atoms with Crippen molar-refractivity contribution in [1.82, 2.24) is 9.78 Å². The van der Waals surface area contributed by atoms with Crippen molar-refractivity contribution >= 4 is 0 Å². The van der Waals surface area contributed by atoms with Crippen molar-refractivity contribution in [3.8, 4) is 0 Å². The van der Waals surface area contributed by atoms with Crippen molar-refractivity contribution < 1.29 is 33.6 Å². The summed E-state index contributed by atoms with van der Waals surface area (Å²) in [5, 5.41) is 15.0. The molecule has 5 heteroatoms. The van der Waals surface area contributed by atoms with Crippen LogP contribution in [0.15, 0.2) is 0 Å². The maximum absolute atomic E-state index is 10.4. The van der Waals surface area contributed by atoms with Crippen LogP contribution >= 0.6 is 0 Å². The van der Waals surface area contributed by atoms with E-state index < -0.39 is 0 Å². The highest BCUT2D eigenvalue weighted by molar-refractivity contribution is 5.29. The summed E-state index contributed by atoms with van der Waals surface area (Å²) < 4.78 is 2.99. The van der Waals surface area contributed by atoms with Gasteiger partial charge in [0.25, 0.3) is 0 Å². The van der Waals surface area contributed by atoms with E-state index in [1.165, 1.54) is 18.5 Å². The Hall–Kier alpha value is -0.140. The van der Waals surface area contributed by atoms with Crippen molar-refractivity contribution in [3.63, 3.8) is 0 Å². The summed E-state index contributed by atoms with van der Waals surface area (Å²) in [6.45, 7) is 4.01. The average molecular weight is 379 g/mol. The summed E-state index contributed by atoms with van der Waals surface area (Å²) in [5.41, 5.74) is 3.39.